The van der Waals surface area contributed by atoms with E-state index in [2.05, 4.69) is 52.3 Å². The Morgan fingerprint density at radius 3 is 2.60 bits per heavy atom. The first kappa shape index (κ1) is 14.0. The van der Waals surface area contributed by atoms with Crippen LogP contribution in [0.5, 0.6) is 0 Å². The van der Waals surface area contributed by atoms with Crippen molar-refractivity contribution in [2.45, 2.75) is 18.4 Å². The van der Waals surface area contributed by atoms with E-state index in [4.69, 9.17) is 5.84 Å². The quantitative estimate of drug-likeness (QED) is 0.481. The lowest BCUT2D eigenvalue weighted by Gasteiger charge is -2.18. The summed E-state index contributed by atoms with van der Waals surface area (Å²) in [6.07, 6.45) is 1.12. The van der Waals surface area contributed by atoms with Crippen LogP contribution in [0.4, 0.5) is 4.39 Å². The molecule has 0 bridgehead atoms. The normalized spacial score (nSPS) is 22.6. The molecular weight excluding hydrogens is 366 g/mol. The average molecular weight is 382 g/mol. The zero-order chi connectivity index (χ0) is 14.1. The molecule has 20 heavy (non-hydrogen) atoms. The van der Waals surface area contributed by atoms with E-state index in [0.29, 0.717) is 11.8 Å². The maximum atomic E-state index is 13.2. The van der Waals surface area contributed by atoms with Crippen molar-refractivity contribution in [3.05, 3.63) is 69.0 Å². The van der Waals surface area contributed by atoms with Crippen LogP contribution in [0.15, 0.2) is 48.5 Å². The molecule has 1 saturated carbocycles. The van der Waals surface area contributed by atoms with E-state index in [0.717, 1.165) is 15.6 Å². The molecule has 0 spiro atoms. The molecule has 1 aliphatic carbocycles. The fraction of sp³-hybridized carbons (Fsp3) is 0.250. The molecule has 0 heterocycles. The van der Waals surface area contributed by atoms with E-state index >= 15 is 0 Å². The molecule has 0 aliphatic heterocycles. The lowest BCUT2D eigenvalue weighted by molar-refractivity contribution is 0.484. The molecule has 0 amide bonds. The third kappa shape index (κ3) is 2.73. The minimum absolute atomic E-state index is 0.0766. The van der Waals surface area contributed by atoms with Crippen LogP contribution in [0.3, 0.4) is 0 Å². The molecule has 4 heteroatoms. The van der Waals surface area contributed by atoms with Gasteiger partial charge in [0, 0.05) is 3.57 Å². The Labute approximate surface area is 131 Å². The number of halogens is 2. The molecule has 3 atom stereocenters. The number of hydrogen-bond acceptors (Lipinski definition) is 2. The molecule has 104 valence electrons. The second-order valence-electron chi connectivity index (χ2n) is 5.23. The van der Waals surface area contributed by atoms with Crippen LogP contribution in [0, 0.1) is 15.3 Å². The van der Waals surface area contributed by atoms with Gasteiger partial charge < -0.3 is 0 Å². The maximum absolute atomic E-state index is 13.2. The van der Waals surface area contributed by atoms with Crippen molar-refractivity contribution in [2.75, 3.05) is 0 Å². The Balaban J connectivity index is 1.82. The summed E-state index contributed by atoms with van der Waals surface area (Å²) >= 11 is 2.17. The Morgan fingerprint density at radius 2 is 1.95 bits per heavy atom. The summed E-state index contributed by atoms with van der Waals surface area (Å²) < 4.78 is 14.1. The Kier molecular flexibility index (Phi) is 4.05. The molecule has 3 rings (SSSR count). The van der Waals surface area contributed by atoms with Gasteiger partial charge in [-0.05, 0) is 64.1 Å². The SMILES string of the molecule is NNC(c1ccc(F)cc1I)C1CC1c1ccccc1. The van der Waals surface area contributed by atoms with E-state index in [-0.39, 0.29) is 11.9 Å². The fourth-order valence-electron chi connectivity index (χ4n) is 2.86. The topological polar surface area (TPSA) is 38.0 Å². The maximum Gasteiger partial charge on any atom is 0.124 e. The molecular formula is C16H16FIN2. The van der Waals surface area contributed by atoms with Gasteiger partial charge in [-0.1, -0.05) is 36.4 Å². The highest BCUT2D eigenvalue weighted by atomic mass is 127. The first-order valence-electron chi connectivity index (χ1n) is 6.66. The summed E-state index contributed by atoms with van der Waals surface area (Å²) in [5.41, 5.74) is 5.35. The highest BCUT2D eigenvalue weighted by molar-refractivity contribution is 14.1. The average Bonchev–Trinajstić information content (AvgIpc) is 3.23. The Hall–Kier alpha value is -0.980. The Bertz CT molecular complexity index is 603. The molecule has 0 radical (unpaired) electrons. The van der Waals surface area contributed by atoms with Crippen LogP contribution < -0.4 is 11.3 Å². The number of nitrogens with two attached hydrogens (primary N) is 1. The second-order valence-corrected chi connectivity index (χ2v) is 6.39. The molecule has 2 nitrogen and oxygen atoms in total. The zero-order valence-corrected chi connectivity index (χ0v) is 13.0. The summed E-state index contributed by atoms with van der Waals surface area (Å²) in [4.78, 5) is 0. The van der Waals surface area contributed by atoms with Gasteiger partial charge in [0.2, 0.25) is 0 Å². The van der Waals surface area contributed by atoms with E-state index in [1.807, 2.05) is 12.1 Å². The summed E-state index contributed by atoms with van der Waals surface area (Å²) in [6, 6.07) is 15.5. The van der Waals surface area contributed by atoms with Crippen LogP contribution in [0.2, 0.25) is 0 Å². The predicted octanol–water partition coefficient (Wildman–Crippen LogP) is 3.74. The first-order valence-corrected chi connectivity index (χ1v) is 7.74. The Morgan fingerprint density at radius 1 is 1.20 bits per heavy atom. The van der Waals surface area contributed by atoms with Crippen molar-refractivity contribution in [1.82, 2.24) is 5.43 Å². The smallest absolute Gasteiger partial charge is 0.124 e. The molecule has 2 aromatic carbocycles. The second kappa shape index (κ2) is 5.79. The molecule has 1 fully saturated rings. The monoisotopic (exact) mass is 382 g/mol. The molecule has 0 aromatic heterocycles. The van der Waals surface area contributed by atoms with Gasteiger partial charge in [-0.3, -0.25) is 11.3 Å². The van der Waals surface area contributed by atoms with Gasteiger partial charge in [0.1, 0.15) is 5.82 Å². The summed E-state index contributed by atoms with van der Waals surface area (Å²) in [5, 5.41) is 0. The highest BCUT2D eigenvalue weighted by Crippen LogP contribution is 2.54. The van der Waals surface area contributed by atoms with Crippen molar-refractivity contribution in [3.8, 4) is 0 Å². The van der Waals surface area contributed by atoms with Gasteiger partial charge in [-0.15, -0.1) is 0 Å². The minimum Gasteiger partial charge on any atom is -0.271 e. The standard InChI is InChI=1S/C16H16FIN2/c17-11-6-7-12(15(18)8-11)16(20-19)14-9-13(14)10-4-2-1-3-5-10/h1-8,13-14,16,20H,9,19H2. The van der Waals surface area contributed by atoms with E-state index in [9.17, 15) is 4.39 Å². The molecule has 2 aromatic rings. The van der Waals surface area contributed by atoms with E-state index in [1.54, 1.807) is 6.07 Å². The lowest BCUT2D eigenvalue weighted by Crippen LogP contribution is -2.30. The van der Waals surface area contributed by atoms with Crippen LogP contribution in [0.25, 0.3) is 0 Å². The van der Waals surface area contributed by atoms with Gasteiger partial charge >= 0.3 is 0 Å². The molecule has 0 saturated heterocycles. The van der Waals surface area contributed by atoms with Crippen molar-refractivity contribution in [3.63, 3.8) is 0 Å². The van der Waals surface area contributed by atoms with Gasteiger partial charge in [0.05, 0.1) is 6.04 Å². The summed E-state index contributed by atoms with van der Waals surface area (Å²) in [7, 11) is 0. The third-order valence-electron chi connectivity index (χ3n) is 3.97. The highest BCUT2D eigenvalue weighted by Gasteiger charge is 2.44. The third-order valence-corrected chi connectivity index (χ3v) is 4.91. The van der Waals surface area contributed by atoms with Crippen molar-refractivity contribution in [1.29, 1.82) is 0 Å². The number of hydrazine groups is 1. The lowest BCUT2D eigenvalue weighted by atomic mass is 9.99. The fourth-order valence-corrected chi connectivity index (χ4v) is 3.68. The van der Waals surface area contributed by atoms with Gasteiger partial charge in [-0.25, -0.2) is 4.39 Å². The minimum atomic E-state index is -0.204. The largest absolute Gasteiger partial charge is 0.271 e. The molecule has 3 unspecified atom stereocenters. The van der Waals surface area contributed by atoms with Crippen molar-refractivity contribution >= 4 is 22.6 Å². The van der Waals surface area contributed by atoms with Crippen LogP contribution in [0.1, 0.15) is 29.5 Å². The van der Waals surface area contributed by atoms with E-state index < -0.39 is 0 Å². The number of rotatable bonds is 4. The van der Waals surface area contributed by atoms with Crippen molar-refractivity contribution in [2.24, 2.45) is 11.8 Å². The predicted molar refractivity (Wildman–Crippen MR) is 86.5 cm³/mol. The van der Waals surface area contributed by atoms with Crippen LogP contribution in [-0.4, -0.2) is 0 Å². The molecule has 3 N–H and O–H groups in total. The zero-order valence-electron chi connectivity index (χ0n) is 10.9. The van der Waals surface area contributed by atoms with Gasteiger partial charge in [-0.2, -0.15) is 0 Å². The van der Waals surface area contributed by atoms with Crippen molar-refractivity contribution < 1.29 is 4.39 Å². The van der Waals surface area contributed by atoms with Gasteiger partial charge in [0.25, 0.3) is 0 Å². The van der Waals surface area contributed by atoms with Crippen LogP contribution >= 0.6 is 22.6 Å². The first-order chi connectivity index (χ1) is 9.70. The van der Waals surface area contributed by atoms with Gasteiger partial charge in [0.15, 0.2) is 0 Å². The summed E-state index contributed by atoms with van der Waals surface area (Å²) in [6.45, 7) is 0. The number of nitrogens with one attached hydrogen (secondary N) is 1. The van der Waals surface area contributed by atoms with E-state index in [1.165, 1.54) is 11.6 Å². The summed E-state index contributed by atoms with van der Waals surface area (Å²) in [5.74, 6) is 6.55. The number of hydrogen-bond donors (Lipinski definition) is 2. The number of benzene rings is 2. The van der Waals surface area contributed by atoms with Crippen LogP contribution in [-0.2, 0) is 0 Å². The molecule has 1 aliphatic rings.